The zero-order valence-corrected chi connectivity index (χ0v) is 18.4. The number of fused-ring (bicyclic) bond motifs is 1. The van der Waals surface area contributed by atoms with Crippen molar-refractivity contribution in [2.24, 2.45) is 0 Å². The van der Waals surface area contributed by atoms with Crippen LogP contribution in [0.2, 0.25) is 0 Å². The third-order valence-electron chi connectivity index (χ3n) is 4.64. The van der Waals surface area contributed by atoms with Gasteiger partial charge in [-0.2, -0.15) is 9.97 Å². The summed E-state index contributed by atoms with van der Waals surface area (Å²) in [5, 5.41) is 4.85. The van der Waals surface area contributed by atoms with E-state index in [4.69, 9.17) is 34.8 Å². The van der Waals surface area contributed by atoms with Crippen molar-refractivity contribution in [2.75, 3.05) is 11.9 Å². The van der Waals surface area contributed by atoms with Crippen molar-refractivity contribution in [1.29, 1.82) is 0 Å². The zero-order valence-electron chi connectivity index (χ0n) is 16.1. The Kier molecular flexibility index (Phi) is 6.32. The number of hydrogen-bond donors (Lipinski definition) is 1. The minimum absolute atomic E-state index is 0.0311. The average molecular weight is 473 g/mol. The molecular formula is C22H16Cl3N5O. The van der Waals surface area contributed by atoms with Gasteiger partial charge >= 0.3 is 0 Å². The van der Waals surface area contributed by atoms with Crippen molar-refractivity contribution in [1.82, 2.24) is 19.9 Å². The SMILES string of the molecule is O=Cc1c(-c2nc(NCCc3cccnc3)nc(C(Cl)(Cl)Cl)n2)ccc2ccccc12. The Morgan fingerprint density at radius 3 is 2.55 bits per heavy atom. The van der Waals surface area contributed by atoms with Gasteiger partial charge in [0.2, 0.25) is 9.74 Å². The molecule has 0 aliphatic heterocycles. The van der Waals surface area contributed by atoms with Gasteiger partial charge in [0.1, 0.15) is 0 Å². The highest BCUT2D eigenvalue weighted by Gasteiger charge is 2.29. The fourth-order valence-electron chi connectivity index (χ4n) is 3.18. The molecule has 0 aliphatic rings. The van der Waals surface area contributed by atoms with Crippen LogP contribution in [0.5, 0.6) is 0 Å². The van der Waals surface area contributed by atoms with Gasteiger partial charge in [-0.05, 0) is 34.9 Å². The summed E-state index contributed by atoms with van der Waals surface area (Å²) in [5.41, 5.74) is 2.05. The number of aromatic nitrogens is 4. The Labute approximate surface area is 193 Å². The lowest BCUT2D eigenvalue weighted by molar-refractivity contribution is 0.112. The summed E-state index contributed by atoms with van der Waals surface area (Å²) >= 11 is 18.2. The molecule has 0 spiro atoms. The van der Waals surface area contributed by atoms with Crippen LogP contribution in [0.4, 0.5) is 5.95 Å². The Balaban J connectivity index is 1.73. The van der Waals surface area contributed by atoms with E-state index in [0.717, 1.165) is 22.6 Å². The Bertz CT molecular complexity index is 1230. The molecule has 0 radical (unpaired) electrons. The summed E-state index contributed by atoms with van der Waals surface area (Å²) in [6, 6.07) is 15.1. The minimum Gasteiger partial charge on any atom is -0.354 e. The van der Waals surface area contributed by atoms with E-state index in [1.54, 1.807) is 18.5 Å². The number of rotatable bonds is 6. The van der Waals surface area contributed by atoms with Crippen molar-refractivity contribution in [2.45, 2.75) is 10.2 Å². The summed E-state index contributed by atoms with van der Waals surface area (Å²) in [7, 11) is 0. The van der Waals surface area contributed by atoms with E-state index in [2.05, 4.69) is 25.3 Å². The van der Waals surface area contributed by atoms with E-state index in [1.807, 2.05) is 42.5 Å². The van der Waals surface area contributed by atoms with Gasteiger partial charge in [-0.25, -0.2) is 4.98 Å². The predicted octanol–water partition coefficient (Wildman–Crippen LogP) is 5.38. The van der Waals surface area contributed by atoms with Crippen LogP contribution < -0.4 is 5.32 Å². The van der Waals surface area contributed by atoms with Crippen molar-refractivity contribution >= 4 is 57.8 Å². The molecule has 4 rings (SSSR count). The molecule has 1 N–H and O–H groups in total. The van der Waals surface area contributed by atoms with Crippen LogP contribution in [0.25, 0.3) is 22.2 Å². The van der Waals surface area contributed by atoms with Crippen LogP contribution in [0.15, 0.2) is 60.9 Å². The van der Waals surface area contributed by atoms with E-state index in [-0.39, 0.29) is 17.6 Å². The average Bonchev–Trinajstić information content (AvgIpc) is 2.78. The molecule has 0 fully saturated rings. The molecule has 0 unspecified atom stereocenters. The van der Waals surface area contributed by atoms with Crippen LogP contribution in [-0.2, 0) is 10.2 Å². The smallest absolute Gasteiger partial charge is 0.250 e. The van der Waals surface area contributed by atoms with E-state index < -0.39 is 3.79 Å². The summed E-state index contributed by atoms with van der Waals surface area (Å²) in [6.45, 7) is 0.534. The van der Waals surface area contributed by atoms with Crippen LogP contribution >= 0.6 is 34.8 Å². The lowest BCUT2D eigenvalue weighted by Gasteiger charge is -2.14. The molecule has 6 nitrogen and oxygen atoms in total. The van der Waals surface area contributed by atoms with Crippen LogP contribution in [-0.4, -0.2) is 32.8 Å². The number of carbonyl (C=O) groups excluding carboxylic acids is 1. The Hall–Kier alpha value is -2.80. The zero-order chi connectivity index (χ0) is 21.8. The largest absolute Gasteiger partial charge is 0.354 e. The first-order valence-corrected chi connectivity index (χ1v) is 10.5. The van der Waals surface area contributed by atoms with E-state index in [0.29, 0.717) is 24.1 Å². The third kappa shape index (κ3) is 4.93. The van der Waals surface area contributed by atoms with Crippen LogP contribution in [0, 0.1) is 0 Å². The lowest BCUT2D eigenvalue weighted by Crippen LogP contribution is -2.15. The number of pyridine rings is 1. The quantitative estimate of drug-likeness (QED) is 0.300. The molecule has 0 amide bonds. The Morgan fingerprint density at radius 1 is 0.968 bits per heavy atom. The van der Waals surface area contributed by atoms with Crippen molar-refractivity contribution in [3.8, 4) is 11.4 Å². The van der Waals surface area contributed by atoms with E-state index >= 15 is 0 Å². The first kappa shape index (κ1) is 21.4. The fraction of sp³-hybridized carbons (Fsp3) is 0.136. The predicted molar refractivity (Wildman–Crippen MR) is 124 cm³/mol. The van der Waals surface area contributed by atoms with Gasteiger partial charge in [0.15, 0.2) is 17.9 Å². The highest BCUT2D eigenvalue weighted by molar-refractivity contribution is 6.66. The molecule has 0 aliphatic carbocycles. The molecule has 2 aromatic carbocycles. The summed E-state index contributed by atoms with van der Waals surface area (Å²) in [5.74, 6) is 0.463. The highest BCUT2D eigenvalue weighted by atomic mass is 35.6. The number of nitrogens with zero attached hydrogens (tertiary/aromatic N) is 4. The van der Waals surface area contributed by atoms with E-state index in [1.165, 1.54) is 0 Å². The number of aldehydes is 1. The number of halogens is 3. The standard InChI is InChI=1S/C22H16Cl3N5O/c23-22(24,25)20-28-19(17-8-7-15-5-1-2-6-16(15)18(17)13-31)29-21(30-20)27-11-9-14-4-3-10-26-12-14/h1-8,10,12-13H,9,11H2,(H,27,28,29,30). The molecule has 0 atom stereocenters. The molecule has 4 aromatic rings. The molecule has 2 heterocycles. The molecule has 2 aromatic heterocycles. The third-order valence-corrected chi connectivity index (χ3v) is 5.15. The second-order valence-electron chi connectivity index (χ2n) is 6.71. The maximum absolute atomic E-state index is 11.9. The molecule has 0 bridgehead atoms. The number of hydrogen-bond acceptors (Lipinski definition) is 6. The van der Waals surface area contributed by atoms with Crippen molar-refractivity contribution in [3.63, 3.8) is 0 Å². The van der Waals surface area contributed by atoms with Gasteiger partial charge in [0.05, 0.1) is 0 Å². The van der Waals surface area contributed by atoms with Gasteiger partial charge < -0.3 is 5.32 Å². The summed E-state index contributed by atoms with van der Waals surface area (Å²) < 4.78 is -1.85. The Morgan fingerprint density at radius 2 is 1.81 bits per heavy atom. The second kappa shape index (κ2) is 9.14. The van der Waals surface area contributed by atoms with Crippen LogP contribution in [0.3, 0.4) is 0 Å². The molecule has 31 heavy (non-hydrogen) atoms. The van der Waals surface area contributed by atoms with Gasteiger partial charge in [-0.15, -0.1) is 0 Å². The number of carbonyl (C=O) groups is 1. The molecular weight excluding hydrogens is 457 g/mol. The fourth-order valence-corrected chi connectivity index (χ4v) is 3.44. The maximum Gasteiger partial charge on any atom is 0.250 e. The molecule has 156 valence electrons. The van der Waals surface area contributed by atoms with Crippen molar-refractivity contribution in [3.05, 3.63) is 77.9 Å². The number of nitrogens with one attached hydrogen (secondary N) is 1. The molecule has 0 saturated carbocycles. The van der Waals surface area contributed by atoms with Gasteiger partial charge in [0, 0.05) is 30.1 Å². The number of anilines is 1. The number of benzene rings is 2. The summed E-state index contributed by atoms with van der Waals surface area (Å²) in [4.78, 5) is 29.1. The molecule has 9 heteroatoms. The monoisotopic (exact) mass is 471 g/mol. The van der Waals surface area contributed by atoms with E-state index in [9.17, 15) is 4.79 Å². The van der Waals surface area contributed by atoms with Crippen molar-refractivity contribution < 1.29 is 4.79 Å². The lowest BCUT2D eigenvalue weighted by atomic mass is 9.99. The molecule has 0 saturated heterocycles. The normalized spacial score (nSPS) is 11.5. The first-order chi connectivity index (χ1) is 15.0. The first-order valence-electron chi connectivity index (χ1n) is 9.39. The van der Waals surface area contributed by atoms with Gasteiger partial charge in [-0.1, -0.05) is 71.2 Å². The number of alkyl halides is 3. The van der Waals surface area contributed by atoms with Gasteiger partial charge in [0.25, 0.3) is 0 Å². The van der Waals surface area contributed by atoms with Gasteiger partial charge in [-0.3, -0.25) is 9.78 Å². The minimum atomic E-state index is -1.85. The maximum atomic E-state index is 11.9. The summed E-state index contributed by atoms with van der Waals surface area (Å²) in [6.07, 6.45) is 4.99. The van der Waals surface area contributed by atoms with Crippen LogP contribution in [0.1, 0.15) is 21.7 Å². The second-order valence-corrected chi connectivity index (χ2v) is 8.99. The highest BCUT2D eigenvalue weighted by Crippen LogP contribution is 2.37. The topological polar surface area (TPSA) is 80.7 Å².